The molecule has 0 heterocycles. The highest BCUT2D eigenvalue weighted by Gasteiger charge is 2.29. The van der Waals surface area contributed by atoms with Crippen LogP contribution < -0.4 is 27.1 Å². The molecule has 0 aliphatic carbocycles. The Labute approximate surface area is 335 Å². The van der Waals surface area contributed by atoms with Crippen LogP contribution in [0.25, 0.3) is 11.1 Å². The van der Waals surface area contributed by atoms with Crippen molar-refractivity contribution in [2.24, 2.45) is 0 Å². The van der Waals surface area contributed by atoms with Gasteiger partial charge in [-0.25, -0.2) is 0 Å². The first kappa shape index (κ1) is 40.6. The lowest BCUT2D eigenvalue weighted by atomic mass is 9.95. The lowest BCUT2D eigenvalue weighted by molar-refractivity contribution is 0.382. The van der Waals surface area contributed by atoms with Gasteiger partial charge < -0.3 is 27.1 Å². The summed E-state index contributed by atoms with van der Waals surface area (Å²) in [6.45, 7) is 24.7. The van der Waals surface area contributed by atoms with E-state index in [0.717, 1.165) is 77.9 Å². The van der Waals surface area contributed by atoms with Gasteiger partial charge >= 0.3 is 17.2 Å². The van der Waals surface area contributed by atoms with Crippen LogP contribution in [0.3, 0.4) is 0 Å². The monoisotopic (exact) mass is 786 g/mol. The second-order valence-corrected chi connectivity index (χ2v) is 17.0. The minimum Gasteiger partial charge on any atom is -0.408 e. The molecule has 8 heteroatoms. The third-order valence-electron chi connectivity index (χ3n) is 9.47. The average Bonchev–Trinajstić information content (AvgIpc) is 3.11. The van der Waals surface area contributed by atoms with Crippen molar-refractivity contribution in [1.82, 2.24) is 0 Å². The van der Waals surface area contributed by atoms with Crippen LogP contribution >= 0.6 is 17.2 Å². The normalized spacial score (nSPS) is 11.2. The first-order valence-corrected chi connectivity index (χ1v) is 21.0. The van der Waals surface area contributed by atoms with Gasteiger partial charge in [0.15, 0.2) is 0 Å². The summed E-state index contributed by atoms with van der Waals surface area (Å²) in [7, 11) is -3.96. The van der Waals surface area contributed by atoms with Gasteiger partial charge in [0.25, 0.3) is 0 Å². The van der Waals surface area contributed by atoms with E-state index in [1.807, 2.05) is 76.2 Å². The van der Waals surface area contributed by atoms with Gasteiger partial charge in [-0.1, -0.05) is 82.9 Å². The van der Waals surface area contributed by atoms with Crippen LogP contribution in [0.5, 0.6) is 34.5 Å². The molecule has 6 aromatic rings. The first-order chi connectivity index (χ1) is 26.6. The number of rotatable bonds is 13. The first-order valence-electron chi connectivity index (χ1n) is 18.8. The van der Waals surface area contributed by atoms with E-state index < -0.39 is 17.2 Å². The van der Waals surface area contributed by atoms with Crippen LogP contribution in [0.4, 0.5) is 0 Å². The van der Waals surface area contributed by atoms with Crippen molar-refractivity contribution in [2.75, 3.05) is 0 Å². The SMILES string of the molecule is Cc1ccc(OP(Oc2ccc(C)cc2C)Oc2c(C)cc(C)cc2-c2cc(C)cc(C)c2OP(Oc2ccc(C)cc2C)Oc2ccc(C)cc2C)c(C)c1. The van der Waals surface area contributed by atoms with Crippen LogP contribution in [0.2, 0.25) is 0 Å². The molecule has 0 saturated heterocycles. The standard InChI is InChI=1S/C48H52O6P2/c1-29-13-17-43(35(7)21-29)49-55(50-44-18-14-30(2)22-36(44)8)53-47-39(11)25-33(5)27-41(47)42-28-34(6)26-40(12)48(42)54-56(51-45-19-15-31(3)23-37(45)9)52-46-20-16-32(4)24-38(46)10/h13-28H,1-12H3. The Morgan fingerprint density at radius 3 is 0.768 bits per heavy atom. The van der Waals surface area contributed by atoms with E-state index >= 15 is 0 Å². The molecule has 6 rings (SSSR count). The summed E-state index contributed by atoms with van der Waals surface area (Å²) in [5.41, 5.74) is 14.3. The van der Waals surface area contributed by atoms with Crippen molar-refractivity contribution < 1.29 is 27.1 Å². The van der Waals surface area contributed by atoms with Crippen molar-refractivity contribution in [3.8, 4) is 45.6 Å². The third-order valence-corrected chi connectivity index (χ3v) is 11.5. The van der Waals surface area contributed by atoms with Crippen LogP contribution in [0.1, 0.15) is 66.8 Å². The molecule has 6 aromatic carbocycles. The van der Waals surface area contributed by atoms with Gasteiger partial charge in [-0.2, -0.15) is 0 Å². The topological polar surface area (TPSA) is 55.4 Å². The molecule has 0 atom stereocenters. The molecule has 0 aliphatic heterocycles. The second-order valence-electron chi connectivity index (χ2n) is 15.0. The summed E-state index contributed by atoms with van der Waals surface area (Å²) in [4.78, 5) is 0. The van der Waals surface area contributed by atoms with Gasteiger partial charge in [0.2, 0.25) is 0 Å². The van der Waals surface area contributed by atoms with Gasteiger partial charge in [0.05, 0.1) is 0 Å². The van der Waals surface area contributed by atoms with Crippen molar-refractivity contribution >= 4 is 17.2 Å². The van der Waals surface area contributed by atoms with Gasteiger partial charge in [-0.15, -0.1) is 0 Å². The zero-order valence-corrected chi connectivity index (χ0v) is 36.4. The van der Waals surface area contributed by atoms with Gasteiger partial charge in [-0.3, -0.25) is 0 Å². The number of aryl methyl sites for hydroxylation is 12. The molecule has 56 heavy (non-hydrogen) atoms. The Bertz CT molecular complexity index is 2110. The fraction of sp³-hybridized carbons (Fsp3) is 0.250. The van der Waals surface area contributed by atoms with Crippen LogP contribution in [0, 0.1) is 83.1 Å². The van der Waals surface area contributed by atoms with E-state index in [-0.39, 0.29) is 0 Å². The Balaban J connectivity index is 1.45. The van der Waals surface area contributed by atoms with Crippen molar-refractivity contribution in [1.29, 1.82) is 0 Å². The van der Waals surface area contributed by atoms with Crippen LogP contribution in [0.15, 0.2) is 97.1 Å². The lowest BCUT2D eigenvalue weighted by Gasteiger charge is -2.25. The van der Waals surface area contributed by atoms with Crippen molar-refractivity contribution in [2.45, 2.75) is 83.1 Å². The zero-order valence-electron chi connectivity index (χ0n) is 34.6. The summed E-state index contributed by atoms with van der Waals surface area (Å²) < 4.78 is 40.5. The van der Waals surface area contributed by atoms with Crippen molar-refractivity contribution in [3.05, 3.63) is 164 Å². The molecule has 0 fully saturated rings. The summed E-state index contributed by atoms with van der Waals surface area (Å²) in [6.07, 6.45) is 0. The molecular formula is C48H52O6P2. The number of benzene rings is 6. The van der Waals surface area contributed by atoms with Crippen LogP contribution in [-0.4, -0.2) is 0 Å². The lowest BCUT2D eigenvalue weighted by Crippen LogP contribution is -2.07. The van der Waals surface area contributed by atoms with Gasteiger partial charge in [0, 0.05) is 11.1 Å². The fourth-order valence-electron chi connectivity index (χ4n) is 6.74. The van der Waals surface area contributed by atoms with Crippen molar-refractivity contribution in [3.63, 3.8) is 0 Å². The highest BCUT2D eigenvalue weighted by Crippen LogP contribution is 2.52. The molecule has 0 radical (unpaired) electrons. The Morgan fingerprint density at radius 1 is 0.268 bits per heavy atom. The second kappa shape index (κ2) is 17.4. The predicted octanol–water partition coefficient (Wildman–Crippen LogP) is 14.6. The number of hydrogen-bond acceptors (Lipinski definition) is 6. The Kier molecular flexibility index (Phi) is 12.6. The average molecular weight is 787 g/mol. The van der Waals surface area contributed by atoms with E-state index in [1.165, 1.54) is 0 Å². The number of hydrogen-bond donors (Lipinski definition) is 0. The van der Waals surface area contributed by atoms with Crippen LogP contribution in [-0.2, 0) is 0 Å². The molecule has 6 nitrogen and oxygen atoms in total. The highest BCUT2D eigenvalue weighted by molar-refractivity contribution is 7.43. The van der Waals surface area contributed by atoms with Gasteiger partial charge in [-0.05, 0) is 164 Å². The molecule has 0 bridgehead atoms. The third kappa shape index (κ3) is 9.85. The molecule has 0 aliphatic rings. The molecular weight excluding hydrogens is 734 g/mol. The van der Waals surface area contributed by atoms with E-state index in [0.29, 0.717) is 34.5 Å². The quantitative estimate of drug-likeness (QED) is 0.109. The summed E-state index contributed by atoms with van der Waals surface area (Å²) in [6, 6.07) is 32.9. The summed E-state index contributed by atoms with van der Waals surface area (Å²) in [5.74, 6) is 4.08. The molecule has 290 valence electrons. The maximum absolute atomic E-state index is 6.96. The van der Waals surface area contributed by atoms with E-state index in [9.17, 15) is 0 Å². The minimum atomic E-state index is -1.98. The molecule has 0 unspecified atom stereocenters. The Morgan fingerprint density at radius 2 is 0.518 bits per heavy atom. The smallest absolute Gasteiger partial charge is 0.408 e. The Hall–Kier alpha value is -5.02. The van der Waals surface area contributed by atoms with E-state index in [1.54, 1.807) is 0 Å². The minimum absolute atomic E-state index is 0.640. The van der Waals surface area contributed by atoms with Gasteiger partial charge in [0.1, 0.15) is 34.5 Å². The molecule has 0 saturated carbocycles. The summed E-state index contributed by atoms with van der Waals surface area (Å²) >= 11 is 0. The van der Waals surface area contributed by atoms with E-state index in [4.69, 9.17) is 27.1 Å². The highest BCUT2D eigenvalue weighted by atomic mass is 31.2. The maximum Gasteiger partial charge on any atom is 0.530 e. The molecule has 0 aromatic heterocycles. The maximum atomic E-state index is 6.96. The molecule has 0 amide bonds. The summed E-state index contributed by atoms with van der Waals surface area (Å²) in [5, 5.41) is 0. The molecule has 0 N–H and O–H groups in total. The fourth-order valence-corrected chi connectivity index (χ4v) is 9.21. The zero-order chi connectivity index (χ0) is 40.3. The predicted molar refractivity (Wildman–Crippen MR) is 232 cm³/mol. The van der Waals surface area contributed by atoms with E-state index in [2.05, 4.69) is 104 Å². The largest absolute Gasteiger partial charge is 0.530 e. The molecule has 0 spiro atoms.